The van der Waals surface area contributed by atoms with Gasteiger partial charge in [-0.1, -0.05) is 57.8 Å². The highest BCUT2D eigenvalue weighted by Crippen LogP contribution is 2.68. The summed E-state index contributed by atoms with van der Waals surface area (Å²) < 4.78 is 0. The summed E-state index contributed by atoms with van der Waals surface area (Å²) in [6.45, 7) is 0. The second-order valence-corrected chi connectivity index (χ2v) is 12.4. The summed E-state index contributed by atoms with van der Waals surface area (Å²) in [5.74, 6) is 0.585. The van der Waals surface area contributed by atoms with Crippen molar-refractivity contribution >= 4 is 28.7 Å². The predicted molar refractivity (Wildman–Crippen MR) is 125 cm³/mol. The van der Waals surface area contributed by atoms with E-state index in [1.807, 2.05) is 0 Å². The van der Waals surface area contributed by atoms with Crippen molar-refractivity contribution in [1.29, 1.82) is 0 Å². The smallest absolute Gasteiger partial charge is 0.233 e. The van der Waals surface area contributed by atoms with E-state index in [9.17, 15) is 14.4 Å². The van der Waals surface area contributed by atoms with Crippen LogP contribution in [0.15, 0.2) is 0 Å². The quantitative estimate of drug-likeness (QED) is 0.395. The number of rotatable bonds is 4. The molecule has 2 bridgehead atoms. The molecule has 1 saturated heterocycles. The predicted octanol–water partition coefficient (Wildman–Crippen LogP) is 6.29. The molecule has 0 aromatic carbocycles. The third-order valence-electron chi connectivity index (χ3n) is 10.6. The maximum Gasteiger partial charge on any atom is 0.233 e. The number of hydrogen-bond donors (Lipinski definition) is 1. The van der Waals surface area contributed by atoms with Crippen LogP contribution in [0.5, 0.6) is 0 Å². The highest BCUT2D eigenvalue weighted by atomic mass is 35.5. The fraction of sp³-hybridized carbons (Fsp3) is 0.889. The lowest BCUT2D eigenvalue weighted by Gasteiger charge is -2.63. The number of halogens is 1. The van der Waals surface area contributed by atoms with E-state index in [1.165, 1.54) is 19.3 Å². The molecule has 0 spiro atoms. The van der Waals surface area contributed by atoms with Crippen LogP contribution < -0.4 is 5.32 Å². The summed E-state index contributed by atoms with van der Waals surface area (Å²) in [5.41, 5.74) is -1.93. The van der Waals surface area contributed by atoms with E-state index in [2.05, 4.69) is 5.32 Å². The molecule has 1 N–H and O–H groups in total. The Bertz CT molecular complexity index is 693. The van der Waals surface area contributed by atoms with Gasteiger partial charge in [0.1, 0.15) is 0 Å². The van der Waals surface area contributed by atoms with Crippen LogP contribution in [-0.2, 0) is 14.4 Å². The molecule has 5 rings (SSSR count). The fourth-order valence-corrected chi connectivity index (χ4v) is 9.34. The molecule has 178 valence electrons. The number of imide groups is 1. The number of piperidine rings is 1. The van der Waals surface area contributed by atoms with Gasteiger partial charge in [-0.15, -0.1) is 0 Å². The molecule has 2 atom stereocenters. The van der Waals surface area contributed by atoms with Crippen LogP contribution in [-0.4, -0.2) is 17.1 Å². The molecular formula is C27H40ClNO3. The third-order valence-corrected chi connectivity index (χ3v) is 11.0. The summed E-state index contributed by atoms with van der Waals surface area (Å²) in [6, 6.07) is 0. The Hall–Kier alpha value is -0.900. The maximum atomic E-state index is 13.8. The molecule has 4 saturated carbocycles. The van der Waals surface area contributed by atoms with Crippen molar-refractivity contribution in [3.05, 3.63) is 0 Å². The Kier molecular flexibility index (Phi) is 6.22. The van der Waals surface area contributed by atoms with Crippen molar-refractivity contribution in [3.8, 4) is 0 Å². The van der Waals surface area contributed by atoms with Crippen molar-refractivity contribution in [2.24, 2.45) is 34.0 Å². The molecule has 0 radical (unpaired) electrons. The van der Waals surface area contributed by atoms with Gasteiger partial charge in [-0.05, 0) is 87.1 Å². The molecule has 0 aromatic rings. The van der Waals surface area contributed by atoms with Gasteiger partial charge in [0.2, 0.25) is 17.1 Å². The number of carbonyl (C=O) groups is 3. The number of amides is 2. The Morgan fingerprint density at radius 3 is 1.38 bits per heavy atom. The summed E-state index contributed by atoms with van der Waals surface area (Å²) in [6.07, 6.45) is 18.5. The molecule has 4 aliphatic carbocycles. The molecule has 2 unspecified atom stereocenters. The molecule has 0 aromatic heterocycles. The second kappa shape index (κ2) is 8.71. The number of nitrogens with one attached hydrogen (secondary N) is 1. The lowest BCUT2D eigenvalue weighted by atomic mass is 9.41. The Morgan fingerprint density at radius 2 is 1.00 bits per heavy atom. The molecule has 4 nitrogen and oxygen atoms in total. The molecule has 5 heteroatoms. The second-order valence-electron chi connectivity index (χ2n) is 12.1. The molecular weight excluding hydrogens is 422 g/mol. The molecule has 1 heterocycles. The van der Waals surface area contributed by atoms with Gasteiger partial charge in [-0.3, -0.25) is 19.7 Å². The zero-order valence-corrected chi connectivity index (χ0v) is 20.3. The van der Waals surface area contributed by atoms with Gasteiger partial charge in [0.05, 0.1) is 10.8 Å². The van der Waals surface area contributed by atoms with E-state index < -0.39 is 16.2 Å². The summed E-state index contributed by atoms with van der Waals surface area (Å²) in [4.78, 5) is 41.0. The minimum absolute atomic E-state index is 0.0846. The first-order chi connectivity index (χ1) is 15.4. The van der Waals surface area contributed by atoms with Gasteiger partial charge < -0.3 is 0 Å². The largest absolute Gasteiger partial charge is 0.295 e. The zero-order chi connectivity index (χ0) is 22.4. The SMILES string of the molecule is O=C(Cl)C1(C2CCCCC2)CC2(C3CCCCC3)CC(C3CCCCC3)(C1)C(=O)NC2=O. The van der Waals surface area contributed by atoms with Gasteiger partial charge in [0.15, 0.2) is 0 Å². The van der Waals surface area contributed by atoms with E-state index >= 15 is 0 Å². The topological polar surface area (TPSA) is 63.2 Å². The summed E-state index contributed by atoms with van der Waals surface area (Å²) >= 11 is 6.57. The van der Waals surface area contributed by atoms with Gasteiger partial charge in [0, 0.05) is 5.41 Å². The fourth-order valence-electron chi connectivity index (χ4n) is 9.05. The van der Waals surface area contributed by atoms with Crippen molar-refractivity contribution in [2.45, 2.75) is 116 Å². The average Bonchev–Trinajstić information content (AvgIpc) is 2.84. The molecule has 1 aliphatic heterocycles. The van der Waals surface area contributed by atoms with Crippen LogP contribution in [0, 0.1) is 34.0 Å². The van der Waals surface area contributed by atoms with Gasteiger partial charge in [0.25, 0.3) is 0 Å². The number of fused-ring (bicyclic) bond motifs is 2. The van der Waals surface area contributed by atoms with E-state index in [0.717, 1.165) is 77.0 Å². The summed E-state index contributed by atoms with van der Waals surface area (Å²) in [7, 11) is 0. The number of carbonyl (C=O) groups excluding carboxylic acids is 3. The van der Waals surface area contributed by atoms with Crippen LogP contribution in [0.4, 0.5) is 0 Å². The highest BCUT2D eigenvalue weighted by Gasteiger charge is 2.69. The van der Waals surface area contributed by atoms with Gasteiger partial charge >= 0.3 is 0 Å². The van der Waals surface area contributed by atoms with Gasteiger partial charge in [-0.25, -0.2) is 0 Å². The normalized spacial score (nSPS) is 40.2. The first kappa shape index (κ1) is 22.9. The lowest BCUT2D eigenvalue weighted by Crippen LogP contribution is -2.69. The molecule has 5 aliphatic rings. The van der Waals surface area contributed by atoms with Crippen LogP contribution in [0.1, 0.15) is 116 Å². The zero-order valence-electron chi connectivity index (χ0n) is 19.6. The lowest BCUT2D eigenvalue weighted by molar-refractivity contribution is -0.185. The van der Waals surface area contributed by atoms with E-state index in [-0.39, 0.29) is 34.8 Å². The Labute approximate surface area is 198 Å². The van der Waals surface area contributed by atoms with E-state index in [0.29, 0.717) is 19.3 Å². The van der Waals surface area contributed by atoms with Crippen molar-refractivity contribution in [1.82, 2.24) is 5.32 Å². The summed E-state index contributed by atoms with van der Waals surface area (Å²) in [5, 5.41) is 2.65. The van der Waals surface area contributed by atoms with Crippen LogP contribution in [0.2, 0.25) is 0 Å². The van der Waals surface area contributed by atoms with E-state index in [1.54, 1.807) is 0 Å². The van der Waals surface area contributed by atoms with Crippen LogP contribution in [0.25, 0.3) is 0 Å². The van der Waals surface area contributed by atoms with Crippen molar-refractivity contribution < 1.29 is 14.4 Å². The van der Waals surface area contributed by atoms with Crippen molar-refractivity contribution in [2.75, 3.05) is 0 Å². The third kappa shape index (κ3) is 3.49. The maximum absolute atomic E-state index is 13.8. The van der Waals surface area contributed by atoms with Crippen molar-refractivity contribution in [3.63, 3.8) is 0 Å². The van der Waals surface area contributed by atoms with Crippen LogP contribution in [0.3, 0.4) is 0 Å². The molecule has 32 heavy (non-hydrogen) atoms. The Morgan fingerprint density at radius 1 is 0.625 bits per heavy atom. The molecule has 2 amide bonds. The molecule has 5 fully saturated rings. The Balaban J connectivity index is 1.65. The standard InChI is InChI=1S/C27H40ClNO3/c28-22(30)25(19-10-4-1-5-11-19)16-26(20-12-6-2-7-13-20)18-27(17-25,24(32)29-23(26)31)21-14-8-3-9-15-21/h19-21H,1-18H2,(H,29,31,32). The monoisotopic (exact) mass is 461 g/mol. The number of hydrogen-bond acceptors (Lipinski definition) is 3. The minimum Gasteiger partial charge on any atom is -0.295 e. The van der Waals surface area contributed by atoms with Crippen LogP contribution >= 0.6 is 11.6 Å². The van der Waals surface area contributed by atoms with E-state index in [4.69, 9.17) is 11.6 Å². The van der Waals surface area contributed by atoms with Gasteiger partial charge in [-0.2, -0.15) is 0 Å². The minimum atomic E-state index is -0.720. The highest BCUT2D eigenvalue weighted by molar-refractivity contribution is 6.64. The first-order valence-electron chi connectivity index (χ1n) is 13.5. The first-order valence-corrected chi connectivity index (χ1v) is 13.9. The average molecular weight is 462 g/mol.